The predicted octanol–water partition coefficient (Wildman–Crippen LogP) is 1.46. The SMILES string of the molecule is NC1CCCc2c1c(C1CC1)nn2C1CCS(=O)(=O)C1. The minimum absolute atomic E-state index is 0.0338. The minimum Gasteiger partial charge on any atom is -0.324 e. The van der Waals surface area contributed by atoms with Gasteiger partial charge in [0.15, 0.2) is 9.84 Å². The zero-order chi connectivity index (χ0) is 13.9. The van der Waals surface area contributed by atoms with E-state index >= 15 is 0 Å². The second-order valence-corrected chi connectivity index (χ2v) is 8.75. The van der Waals surface area contributed by atoms with Crippen molar-refractivity contribution >= 4 is 9.84 Å². The monoisotopic (exact) mass is 295 g/mol. The highest BCUT2D eigenvalue weighted by Gasteiger charge is 2.38. The highest BCUT2D eigenvalue weighted by Crippen LogP contribution is 2.46. The lowest BCUT2D eigenvalue weighted by atomic mass is 9.90. The Bertz CT molecular complexity index is 646. The van der Waals surface area contributed by atoms with Crippen LogP contribution in [-0.4, -0.2) is 29.7 Å². The molecule has 1 aromatic heterocycles. The van der Waals surface area contributed by atoms with Crippen molar-refractivity contribution in [1.82, 2.24) is 9.78 Å². The number of aromatic nitrogens is 2. The Kier molecular flexibility index (Phi) is 2.76. The molecule has 1 saturated carbocycles. The molecule has 2 atom stereocenters. The largest absolute Gasteiger partial charge is 0.324 e. The molecule has 2 fully saturated rings. The van der Waals surface area contributed by atoms with Gasteiger partial charge in [-0.25, -0.2) is 8.42 Å². The Hall–Kier alpha value is -0.880. The number of sulfone groups is 1. The maximum Gasteiger partial charge on any atom is 0.152 e. The van der Waals surface area contributed by atoms with Crippen LogP contribution < -0.4 is 5.73 Å². The highest BCUT2D eigenvalue weighted by molar-refractivity contribution is 7.91. The normalized spacial score (nSPS) is 32.2. The fourth-order valence-electron chi connectivity index (χ4n) is 3.72. The maximum atomic E-state index is 11.7. The summed E-state index contributed by atoms with van der Waals surface area (Å²) in [5.41, 5.74) is 9.97. The van der Waals surface area contributed by atoms with Gasteiger partial charge in [0.05, 0.1) is 23.2 Å². The van der Waals surface area contributed by atoms with Gasteiger partial charge in [0.1, 0.15) is 0 Å². The molecule has 4 rings (SSSR count). The summed E-state index contributed by atoms with van der Waals surface area (Å²) in [6, 6.07) is 0.132. The van der Waals surface area contributed by atoms with Gasteiger partial charge in [-0.3, -0.25) is 4.68 Å². The lowest BCUT2D eigenvalue weighted by Crippen LogP contribution is -2.21. The zero-order valence-corrected chi connectivity index (χ0v) is 12.4. The Balaban J connectivity index is 1.78. The lowest BCUT2D eigenvalue weighted by Gasteiger charge is -2.22. The van der Waals surface area contributed by atoms with E-state index in [1.165, 1.54) is 29.8 Å². The van der Waals surface area contributed by atoms with Gasteiger partial charge in [0.2, 0.25) is 0 Å². The van der Waals surface area contributed by atoms with E-state index in [2.05, 4.69) is 0 Å². The Labute approximate surface area is 119 Å². The van der Waals surface area contributed by atoms with E-state index in [1.54, 1.807) is 0 Å². The minimum atomic E-state index is -2.87. The maximum absolute atomic E-state index is 11.7. The average molecular weight is 295 g/mol. The first-order valence-corrected chi connectivity index (χ1v) is 9.44. The first-order chi connectivity index (χ1) is 9.55. The van der Waals surface area contributed by atoms with Crippen LogP contribution in [0, 0.1) is 0 Å². The molecule has 0 amide bonds. The van der Waals surface area contributed by atoms with Gasteiger partial charge in [-0.2, -0.15) is 5.10 Å². The van der Waals surface area contributed by atoms with Crippen molar-refractivity contribution in [2.75, 3.05) is 11.5 Å². The summed E-state index contributed by atoms with van der Waals surface area (Å²) in [5.74, 6) is 1.13. The lowest BCUT2D eigenvalue weighted by molar-refractivity contribution is 0.458. The van der Waals surface area contributed by atoms with Crippen LogP contribution in [0.15, 0.2) is 0 Å². The van der Waals surface area contributed by atoms with Gasteiger partial charge in [-0.1, -0.05) is 0 Å². The zero-order valence-electron chi connectivity index (χ0n) is 11.6. The first-order valence-electron chi connectivity index (χ1n) is 7.62. The summed E-state index contributed by atoms with van der Waals surface area (Å²) >= 11 is 0. The standard InChI is InChI=1S/C14H21N3O2S/c15-11-2-1-3-12-13(11)14(9-4-5-9)16-17(12)10-6-7-20(18,19)8-10/h9-11H,1-8,15H2. The smallest absolute Gasteiger partial charge is 0.152 e. The van der Waals surface area contributed by atoms with Crippen LogP contribution in [0.4, 0.5) is 0 Å². The molecule has 20 heavy (non-hydrogen) atoms. The summed E-state index contributed by atoms with van der Waals surface area (Å²) in [4.78, 5) is 0. The molecule has 0 spiro atoms. The van der Waals surface area contributed by atoms with Crippen LogP contribution in [0.1, 0.15) is 67.1 Å². The number of nitrogens with two attached hydrogens (primary N) is 1. The van der Waals surface area contributed by atoms with E-state index in [9.17, 15) is 8.42 Å². The van der Waals surface area contributed by atoms with Crippen LogP contribution >= 0.6 is 0 Å². The summed E-state index contributed by atoms with van der Waals surface area (Å²) in [5, 5.41) is 4.82. The van der Waals surface area contributed by atoms with Gasteiger partial charge in [0.25, 0.3) is 0 Å². The molecule has 110 valence electrons. The second kappa shape index (κ2) is 4.31. The van der Waals surface area contributed by atoms with Crippen molar-refractivity contribution in [1.29, 1.82) is 0 Å². The van der Waals surface area contributed by atoms with E-state index in [1.807, 2.05) is 4.68 Å². The van der Waals surface area contributed by atoms with Crippen molar-refractivity contribution in [3.63, 3.8) is 0 Å². The highest BCUT2D eigenvalue weighted by atomic mass is 32.2. The van der Waals surface area contributed by atoms with Gasteiger partial charge >= 0.3 is 0 Å². The molecule has 2 unspecified atom stereocenters. The fraction of sp³-hybridized carbons (Fsp3) is 0.786. The second-order valence-electron chi connectivity index (χ2n) is 6.52. The van der Waals surface area contributed by atoms with Gasteiger partial charge in [-0.05, 0) is 38.5 Å². The molecule has 3 aliphatic rings. The van der Waals surface area contributed by atoms with Gasteiger partial charge in [0, 0.05) is 23.2 Å². The molecular formula is C14H21N3O2S. The quantitative estimate of drug-likeness (QED) is 0.896. The average Bonchev–Trinajstić information content (AvgIpc) is 3.07. The molecule has 0 aromatic carbocycles. The molecule has 2 N–H and O–H groups in total. The van der Waals surface area contributed by atoms with Crippen molar-refractivity contribution in [3.8, 4) is 0 Å². The summed E-state index contributed by atoms with van der Waals surface area (Å²) < 4.78 is 25.5. The molecule has 6 heteroatoms. The van der Waals surface area contributed by atoms with E-state index in [4.69, 9.17) is 10.8 Å². The number of fused-ring (bicyclic) bond motifs is 1. The molecule has 1 saturated heterocycles. The van der Waals surface area contributed by atoms with Crippen LogP contribution in [0.2, 0.25) is 0 Å². The Morgan fingerprint density at radius 1 is 1.20 bits per heavy atom. The molecule has 2 heterocycles. The van der Waals surface area contributed by atoms with Crippen molar-refractivity contribution in [2.24, 2.45) is 5.73 Å². The third kappa shape index (κ3) is 2.00. The van der Waals surface area contributed by atoms with Crippen molar-refractivity contribution < 1.29 is 8.42 Å². The fourth-order valence-corrected chi connectivity index (χ4v) is 5.41. The number of rotatable bonds is 2. The summed E-state index contributed by atoms with van der Waals surface area (Å²) in [6.07, 6.45) is 6.23. The number of hydrogen-bond acceptors (Lipinski definition) is 4. The van der Waals surface area contributed by atoms with Crippen molar-refractivity contribution in [3.05, 3.63) is 17.0 Å². The third-order valence-electron chi connectivity index (χ3n) is 4.90. The topological polar surface area (TPSA) is 78.0 Å². The number of nitrogens with zero attached hydrogens (tertiary/aromatic N) is 2. The van der Waals surface area contributed by atoms with E-state index < -0.39 is 9.84 Å². The van der Waals surface area contributed by atoms with Crippen LogP contribution in [0.5, 0.6) is 0 Å². The molecular weight excluding hydrogens is 274 g/mol. The summed E-state index contributed by atoms with van der Waals surface area (Å²) in [6.45, 7) is 0. The van der Waals surface area contributed by atoms with E-state index in [0.29, 0.717) is 18.1 Å². The Morgan fingerprint density at radius 3 is 2.65 bits per heavy atom. The van der Waals surface area contributed by atoms with Crippen LogP contribution in [0.25, 0.3) is 0 Å². The number of hydrogen-bond donors (Lipinski definition) is 1. The van der Waals surface area contributed by atoms with E-state index in [0.717, 1.165) is 19.3 Å². The third-order valence-corrected chi connectivity index (χ3v) is 6.65. The van der Waals surface area contributed by atoms with Gasteiger partial charge in [-0.15, -0.1) is 0 Å². The molecule has 2 aliphatic carbocycles. The van der Waals surface area contributed by atoms with E-state index in [-0.39, 0.29) is 17.8 Å². The first kappa shape index (κ1) is 12.8. The molecule has 1 aliphatic heterocycles. The molecule has 0 bridgehead atoms. The molecule has 1 aromatic rings. The van der Waals surface area contributed by atoms with Crippen LogP contribution in [-0.2, 0) is 16.3 Å². The van der Waals surface area contributed by atoms with Crippen LogP contribution in [0.3, 0.4) is 0 Å². The van der Waals surface area contributed by atoms with Crippen molar-refractivity contribution in [2.45, 2.75) is 56.5 Å². The predicted molar refractivity (Wildman–Crippen MR) is 76.4 cm³/mol. The molecule has 5 nitrogen and oxygen atoms in total. The van der Waals surface area contributed by atoms with Gasteiger partial charge < -0.3 is 5.73 Å². The summed E-state index contributed by atoms with van der Waals surface area (Å²) in [7, 11) is -2.87. The Morgan fingerprint density at radius 2 is 2.00 bits per heavy atom. The molecule has 0 radical (unpaired) electrons.